The minimum atomic E-state index is 0.366. The molecule has 0 bridgehead atoms. The normalized spacial score (nSPS) is 12.0. The molecule has 2 nitrogen and oxygen atoms in total. The average molecular weight is 144 g/mol. The Hall–Kier alpha value is -0.0800. The van der Waals surface area contributed by atoms with Crippen molar-refractivity contribution in [1.29, 1.82) is 0 Å². The molecule has 0 heterocycles. The van der Waals surface area contributed by atoms with Crippen molar-refractivity contribution in [3.8, 4) is 0 Å². The van der Waals surface area contributed by atoms with Gasteiger partial charge in [-0.1, -0.05) is 33.6 Å². The molecule has 0 radical (unpaired) electrons. The van der Waals surface area contributed by atoms with E-state index in [1.54, 1.807) is 0 Å². The van der Waals surface area contributed by atoms with Gasteiger partial charge in [-0.25, -0.2) is 0 Å². The second-order valence-electron chi connectivity index (χ2n) is 3.65. The Morgan fingerprint density at radius 2 is 2.00 bits per heavy atom. The van der Waals surface area contributed by atoms with Gasteiger partial charge in [0.25, 0.3) is 0 Å². The van der Waals surface area contributed by atoms with Crippen LogP contribution in [0.15, 0.2) is 0 Å². The Bertz CT molecular complexity index is 79.3. The van der Waals surface area contributed by atoms with E-state index in [0.717, 1.165) is 6.54 Å². The molecule has 0 spiro atoms. The van der Waals surface area contributed by atoms with Gasteiger partial charge in [0.15, 0.2) is 0 Å². The lowest BCUT2D eigenvalue weighted by Crippen LogP contribution is -2.33. The molecule has 0 atom stereocenters. The molecular weight excluding hydrogens is 124 g/mol. The maximum atomic E-state index is 5.24. The Balaban J connectivity index is 3.42. The van der Waals surface area contributed by atoms with Crippen molar-refractivity contribution in [2.45, 2.75) is 40.0 Å². The highest BCUT2D eigenvalue weighted by Crippen LogP contribution is 2.21. The van der Waals surface area contributed by atoms with Gasteiger partial charge in [-0.15, -0.1) is 0 Å². The van der Waals surface area contributed by atoms with Crippen LogP contribution >= 0.6 is 0 Å². The van der Waals surface area contributed by atoms with Crippen molar-refractivity contribution in [1.82, 2.24) is 5.43 Å². The summed E-state index contributed by atoms with van der Waals surface area (Å²) >= 11 is 0. The predicted molar refractivity (Wildman–Crippen MR) is 45.5 cm³/mol. The molecule has 62 valence electrons. The molecule has 0 aromatic carbocycles. The molecule has 0 saturated carbocycles. The topological polar surface area (TPSA) is 38.0 Å². The third kappa shape index (κ3) is 4.77. The Kier molecular flexibility index (Phi) is 4.65. The van der Waals surface area contributed by atoms with Crippen LogP contribution in [0.5, 0.6) is 0 Å². The van der Waals surface area contributed by atoms with Gasteiger partial charge in [0.1, 0.15) is 0 Å². The first-order valence-electron chi connectivity index (χ1n) is 4.06. The van der Waals surface area contributed by atoms with E-state index in [2.05, 4.69) is 26.2 Å². The Morgan fingerprint density at radius 3 is 2.40 bits per heavy atom. The fourth-order valence-corrected chi connectivity index (χ4v) is 1.02. The predicted octanol–water partition coefficient (Wildman–Crippen LogP) is 1.67. The van der Waals surface area contributed by atoms with E-state index in [9.17, 15) is 0 Å². The Labute approximate surface area is 64.2 Å². The highest BCUT2D eigenvalue weighted by atomic mass is 15.2. The summed E-state index contributed by atoms with van der Waals surface area (Å²) in [6.45, 7) is 7.60. The van der Waals surface area contributed by atoms with Crippen molar-refractivity contribution < 1.29 is 0 Å². The lowest BCUT2D eigenvalue weighted by molar-refractivity contribution is 0.307. The molecule has 0 aromatic rings. The molecule has 0 fully saturated rings. The minimum Gasteiger partial charge on any atom is -0.271 e. The summed E-state index contributed by atoms with van der Waals surface area (Å²) in [6, 6.07) is 0. The number of nitrogens with one attached hydrogen (secondary N) is 1. The maximum absolute atomic E-state index is 5.24. The van der Waals surface area contributed by atoms with Crippen LogP contribution in [0.3, 0.4) is 0 Å². The quantitative estimate of drug-likeness (QED) is 0.455. The van der Waals surface area contributed by atoms with E-state index >= 15 is 0 Å². The van der Waals surface area contributed by atoms with E-state index in [4.69, 9.17) is 5.84 Å². The van der Waals surface area contributed by atoms with Gasteiger partial charge >= 0.3 is 0 Å². The zero-order valence-electron chi connectivity index (χ0n) is 7.41. The lowest BCUT2D eigenvalue weighted by atomic mass is 9.87. The van der Waals surface area contributed by atoms with Gasteiger partial charge in [0.2, 0.25) is 0 Å². The molecule has 0 aliphatic rings. The number of hydrazine groups is 1. The third-order valence-corrected chi connectivity index (χ3v) is 1.79. The van der Waals surface area contributed by atoms with Gasteiger partial charge in [-0.05, 0) is 11.8 Å². The minimum absolute atomic E-state index is 0.366. The highest BCUT2D eigenvalue weighted by molar-refractivity contribution is 4.69. The molecule has 3 N–H and O–H groups in total. The van der Waals surface area contributed by atoms with Gasteiger partial charge in [-0.3, -0.25) is 11.3 Å². The SMILES string of the molecule is CCCCC(C)(C)CNN. The van der Waals surface area contributed by atoms with Crippen LogP contribution in [-0.2, 0) is 0 Å². The van der Waals surface area contributed by atoms with Gasteiger partial charge in [0.05, 0.1) is 0 Å². The molecule has 0 saturated heterocycles. The zero-order chi connectivity index (χ0) is 8.04. The van der Waals surface area contributed by atoms with Crippen molar-refractivity contribution in [2.24, 2.45) is 11.3 Å². The number of nitrogens with two attached hydrogens (primary N) is 1. The first-order valence-corrected chi connectivity index (χ1v) is 4.06. The smallest absolute Gasteiger partial charge is 0.0149 e. The zero-order valence-corrected chi connectivity index (χ0v) is 7.41. The Morgan fingerprint density at radius 1 is 1.40 bits per heavy atom. The van der Waals surface area contributed by atoms with E-state index in [1.165, 1.54) is 19.3 Å². The van der Waals surface area contributed by atoms with Crippen LogP contribution in [0, 0.1) is 5.41 Å². The summed E-state index contributed by atoms with van der Waals surface area (Å²) < 4.78 is 0. The largest absolute Gasteiger partial charge is 0.271 e. The molecule has 2 heteroatoms. The summed E-state index contributed by atoms with van der Waals surface area (Å²) in [4.78, 5) is 0. The second kappa shape index (κ2) is 4.69. The monoisotopic (exact) mass is 144 g/mol. The van der Waals surface area contributed by atoms with Crippen molar-refractivity contribution >= 4 is 0 Å². The highest BCUT2D eigenvalue weighted by Gasteiger charge is 2.15. The summed E-state index contributed by atoms with van der Waals surface area (Å²) in [5.41, 5.74) is 3.08. The van der Waals surface area contributed by atoms with Crippen LogP contribution < -0.4 is 11.3 Å². The van der Waals surface area contributed by atoms with Crippen LogP contribution in [0.2, 0.25) is 0 Å². The lowest BCUT2D eigenvalue weighted by Gasteiger charge is -2.23. The van der Waals surface area contributed by atoms with Gasteiger partial charge in [-0.2, -0.15) is 0 Å². The average Bonchev–Trinajstić information content (AvgIpc) is 1.84. The molecule has 0 aliphatic heterocycles. The molecule has 0 unspecified atom stereocenters. The van der Waals surface area contributed by atoms with Crippen molar-refractivity contribution in [3.63, 3.8) is 0 Å². The van der Waals surface area contributed by atoms with Crippen LogP contribution in [0.1, 0.15) is 40.0 Å². The molecule has 0 rings (SSSR count). The van der Waals surface area contributed by atoms with Crippen molar-refractivity contribution in [3.05, 3.63) is 0 Å². The number of rotatable bonds is 5. The number of hydrogen-bond acceptors (Lipinski definition) is 2. The summed E-state index contributed by atoms with van der Waals surface area (Å²) in [7, 11) is 0. The summed E-state index contributed by atoms with van der Waals surface area (Å²) in [6.07, 6.45) is 3.83. The van der Waals surface area contributed by atoms with E-state index < -0.39 is 0 Å². The van der Waals surface area contributed by atoms with Crippen molar-refractivity contribution in [2.75, 3.05) is 6.54 Å². The molecule has 0 aliphatic carbocycles. The van der Waals surface area contributed by atoms with Gasteiger partial charge in [0, 0.05) is 6.54 Å². The molecule has 0 aromatic heterocycles. The van der Waals surface area contributed by atoms with Crippen LogP contribution in [0.4, 0.5) is 0 Å². The number of unbranched alkanes of at least 4 members (excludes halogenated alkanes) is 1. The fraction of sp³-hybridized carbons (Fsp3) is 1.00. The van der Waals surface area contributed by atoms with E-state index in [0.29, 0.717) is 5.41 Å². The summed E-state index contributed by atoms with van der Waals surface area (Å²) in [5, 5.41) is 0. The summed E-state index contributed by atoms with van der Waals surface area (Å²) in [5.74, 6) is 5.24. The fourth-order valence-electron chi connectivity index (χ4n) is 1.02. The van der Waals surface area contributed by atoms with E-state index in [-0.39, 0.29) is 0 Å². The van der Waals surface area contributed by atoms with E-state index in [1.807, 2.05) is 0 Å². The van der Waals surface area contributed by atoms with Gasteiger partial charge < -0.3 is 0 Å². The standard InChI is InChI=1S/C8H20N2/c1-4-5-6-8(2,3)7-10-9/h10H,4-7,9H2,1-3H3. The van der Waals surface area contributed by atoms with Crippen LogP contribution in [0.25, 0.3) is 0 Å². The maximum Gasteiger partial charge on any atom is 0.0149 e. The number of hydrogen-bond donors (Lipinski definition) is 2. The molecular formula is C8H20N2. The first-order chi connectivity index (χ1) is 4.62. The first kappa shape index (κ1) is 9.92. The third-order valence-electron chi connectivity index (χ3n) is 1.79. The van der Waals surface area contributed by atoms with Crippen LogP contribution in [-0.4, -0.2) is 6.54 Å². The molecule has 10 heavy (non-hydrogen) atoms. The molecule has 0 amide bonds. The second-order valence-corrected chi connectivity index (χ2v) is 3.65.